The Hall–Kier alpha value is -1.49. The van der Waals surface area contributed by atoms with E-state index in [9.17, 15) is 4.39 Å². The largest absolute Gasteiger partial charge is 0.316 e. The Morgan fingerprint density at radius 1 is 1.44 bits per heavy atom. The number of hydrogen-bond acceptors (Lipinski definition) is 3. The zero-order valence-corrected chi connectivity index (χ0v) is 8.86. The lowest BCUT2D eigenvalue weighted by Crippen LogP contribution is -2.29. The molecule has 1 atom stereocenters. The molecule has 0 amide bonds. The first-order chi connectivity index (χ1) is 7.86. The lowest BCUT2D eigenvalue weighted by molar-refractivity contribution is 0.444. The zero-order valence-electron chi connectivity index (χ0n) is 8.86. The highest BCUT2D eigenvalue weighted by Gasteiger charge is 2.21. The highest BCUT2D eigenvalue weighted by atomic mass is 19.1. The second-order valence-electron chi connectivity index (χ2n) is 4.15. The van der Waals surface area contributed by atoms with Crippen molar-refractivity contribution in [3.63, 3.8) is 0 Å². The van der Waals surface area contributed by atoms with Crippen molar-refractivity contribution in [2.75, 3.05) is 13.1 Å². The number of nitrogens with zero attached hydrogens (tertiary/aromatic N) is 3. The monoisotopic (exact) mass is 220 g/mol. The molecular formula is C11H13FN4. The predicted molar refractivity (Wildman–Crippen MR) is 57.8 cm³/mol. The second-order valence-corrected chi connectivity index (χ2v) is 4.15. The summed E-state index contributed by atoms with van der Waals surface area (Å²) in [7, 11) is 0. The maximum atomic E-state index is 13.4. The number of piperidine rings is 1. The van der Waals surface area contributed by atoms with Gasteiger partial charge in [0.05, 0.1) is 0 Å². The van der Waals surface area contributed by atoms with Crippen LogP contribution < -0.4 is 5.32 Å². The highest BCUT2D eigenvalue weighted by Crippen LogP contribution is 2.22. The molecule has 1 aliphatic heterocycles. The standard InChI is InChI=1S/C11H13FN4/c12-9-4-2-6-16-10(14-15-11(9)16)8-3-1-5-13-7-8/h2,4,6,8,13H,1,3,5,7H2. The smallest absolute Gasteiger partial charge is 0.196 e. The minimum absolute atomic E-state index is 0.315. The van der Waals surface area contributed by atoms with E-state index in [1.807, 2.05) is 6.20 Å². The molecule has 0 aromatic carbocycles. The van der Waals surface area contributed by atoms with Gasteiger partial charge < -0.3 is 5.32 Å². The van der Waals surface area contributed by atoms with Crippen LogP contribution in [0.2, 0.25) is 0 Å². The number of aromatic nitrogens is 3. The average molecular weight is 220 g/mol. The van der Waals surface area contributed by atoms with E-state index in [0.717, 1.165) is 31.8 Å². The summed E-state index contributed by atoms with van der Waals surface area (Å²) in [6.45, 7) is 1.96. The van der Waals surface area contributed by atoms with Crippen LogP contribution in [0.1, 0.15) is 24.6 Å². The van der Waals surface area contributed by atoms with Crippen molar-refractivity contribution in [1.29, 1.82) is 0 Å². The maximum Gasteiger partial charge on any atom is 0.196 e. The van der Waals surface area contributed by atoms with Crippen LogP contribution in [-0.4, -0.2) is 27.7 Å². The van der Waals surface area contributed by atoms with E-state index in [0.29, 0.717) is 11.6 Å². The van der Waals surface area contributed by atoms with Crippen molar-refractivity contribution in [3.05, 3.63) is 30.0 Å². The SMILES string of the molecule is Fc1cccn2c(C3CCCNC3)nnc12. The number of rotatable bonds is 1. The van der Waals surface area contributed by atoms with Gasteiger partial charge in [0.1, 0.15) is 5.82 Å². The van der Waals surface area contributed by atoms with Gasteiger partial charge in [-0.2, -0.15) is 0 Å². The van der Waals surface area contributed by atoms with Crippen molar-refractivity contribution in [1.82, 2.24) is 19.9 Å². The summed E-state index contributed by atoms with van der Waals surface area (Å²) in [5, 5.41) is 11.3. The van der Waals surface area contributed by atoms with Gasteiger partial charge in [0, 0.05) is 18.7 Å². The molecule has 84 valence electrons. The lowest BCUT2D eigenvalue weighted by atomic mass is 9.99. The first-order valence-corrected chi connectivity index (χ1v) is 5.56. The number of nitrogens with one attached hydrogen (secondary N) is 1. The molecule has 2 aromatic heterocycles. The van der Waals surface area contributed by atoms with E-state index in [4.69, 9.17) is 0 Å². The van der Waals surface area contributed by atoms with Gasteiger partial charge in [0.25, 0.3) is 0 Å². The van der Waals surface area contributed by atoms with Crippen LogP contribution in [-0.2, 0) is 0 Å². The predicted octanol–water partition coefficient (Wildman–Crippen LogP) is 1.34. The Balaban J connectivity index is 2.06. The van der Waals surface area contributed by atoms with E-state index in [-0.39, 0.29) is 5.82 Å². The van der Waals surface area contributed by atoms with Crippen LogP contribution >= 0.6 is 0 Å². The Bertz CT molecular complexity index is 502. The molecular weight excluding hydrogens is 207 g/mol. The number of halogens is 1. The van der Waals surface area contributed by atoms with Crippen LogP contribution in [0, 0.1) is 5.82 Å². The molecule has 1 fully saturated rings. The van der Waals surface area contributed by atoms with Gasteiger partial charge in [-0.25, -0.2) is 4.39 Å². The molecule has 4 nitrogen and oxygen atoms in total. The van der Waals surface area contributed by atoms with E-state index >= 15 is 0 Å². The van der Waals surface area contributed by atoms with E-state index in [1.54, 1.807) is 10.5 Å². The third kappa shape index (κ3) is 1.48. The molecule has 1 aliphatic rings. The summed E-state index contributed by atoms with van der Waals surface area (Å²) >= 11 is 0. The molecule has 1 saturated heterocycles. The molecule has 0 bridgehead atoms. The fourth-order valence-electron chi connectivity index (χ4n) is 2.25. The van der Waals surface area contributed by atoms with Gasteiger partial charge in [0.2, 0.25) is 0 Å². The van der Waals surface area contributed by atoms with Gasteiger partial charge in [-0.1, -0.05) is 0 Å². The van der Waals surface area contributed by atoms with Crippen LogP contribution in [0.5, 0.6) is 0 Å². The highest BCUT2D eigenvalue weighted by molar-refractivity contribution is 5.39. The van der Waals surface area contributed by atoms with Gasteiger partial charge in [0.15, 0.2) is 11.5 Å². The first kappa shape index (κ1) is 9.72. The Morgan fingerprint density at radius 2 is 2.38 bits per heavy atom. The molecule has 2 aromatic rings. The zero-order chi connectivity index (χ0) is 11.0. The van der Waals surface area contributed by atoms with E-state index in [2.05, 4.69) is 15.5 Å². The fourth-order valence-corrected chi connectivity index (χ4v) is 2.25. The van der Waals surface area contributed by atoms with Gasteiger partial charge in [-0.3, -0.25) is 4.40 Å². The fraction of sp³-hybridized carbons (Fsp3) is 0.455. The Kier molecular flexibility index (Phi) is 2.32. The molecule has 16 heavy (non-hydrogen) atoms. The molecule has 1 N–H and O–H groups in total. The summed E-state index contributed by atoms with van der Waals surface area (Å²) in [5.41, 5.74) is 0.322. The molecule has 0 spiro atoms. The van der Waals surface area contributed by atoms with Crippen LogP contribution in [0.4, 0.5) is 4.39 Å². The van der Waals surface area contributed by atoms with Crippen LogP contribution in [0.15, 0.2) is 18.3 Å². The number of hydrogen-bond donors (Lipinski definition) is 1. The Labute approximate surface area is 92.5 Å². The van der Waals surface area contributed by atoms with Crippen molar-refractivity contribution in [3.8, 4) is 0 Å². The van der Waals surface area contributed by atoms with Crippen molar-refractivity contribution < 1.29 is 4.39 Å². The quantitative estimate of drug-likeness (QED) is 0.788. The molecule has 3 heterocycles. The lowest BCUT2D eigenvalue weighted by Gasteiger charge is -2.20. The Morgan fingerprint density at radius 3 is 3.19 bits per heavy atom. The average Bonchev–Trinajstić information content (AvgIpc) is 2.75. The minimum atomic E-state index is -0.315. The number of fused-ring (bicyclic) bond motifs is 1. The van der Waals surface area contributed by atoms with Crippen molar-refractivity contribution >= 4 is 5.65 Å². The second kappa shape index (κ2) is 3.83. The molecule has 0 radical (unpaired) electrons. The molecule has 1 unspecified atom stereocenters. The summed E-state index contributed by atoms with van der Waals surface area (Å²) in [6.07, 6.45) is 4.04. The number of pyridine rings is 1. The third-order valence-corrected chi connectivity index (χ3v) is 3.08. The first-order valence-electron chi connectivity index (χ1n) is 5.56. The summed E-state index contributed by atoms with van der Waals surface area (Å²) < 4.78 is 15.2. The summed E-state index contributed by atoms with van der Waals surface area (Å²) in [6, 6.07) is 3.10. The molecule has 5 heteroatoms. The van der Waals surface area contributed by atoms with E-state index in [1.165, 1.54) is 6.07 Å². The third-order valence-electron chi connectivity index (χ3n) is 3.08. The van der Waals surface area contributed by atoms with Gasteiger partial charge >= 0.3 is 0 Å². The van der Waals surface area contributed by atoms with Gasteiger partial charge in [-0.15, -0.1) is 10.2 Å². The van der Waals surface area contributed by atoms with Gasteiger partial charge in [-0.05, 0) is 31.5 Å². The normalized spacial score (nSPS) is 21.4. The molecule has 3 rings (SSSR count). The van der Waals surface area contributed by atoms with Crippen LogP contribution in [0.25, 0.3) is 5.65 Å². The van der Waals surface area contributed by atoms with Crippen molar-refractivity contribution in [2.24, 2.45) is 0 Å². The molecule has 0 saturated carbocycles. The van der Waals surface area contributed by atoms with Crippen LogP contribution in [0.3, 0.4) is 0 Å². The maximum absolute atomic E-state index is 13.4. The topological polar surface area (TPSA) is 42.2 Å². The van der Waals surface area contributed by atoms with Crippen molar-refractivity contribution in [2.45, 2.75) is 18.8 Å². The summed E-state index contributed by atoms with van der Waals surface area (Å²) in [5.74, 6) is 0.886. The molecule has 0 aliphatic carbocycles. The van der Waals surface area contributed by atoms with E-state index < -0.39 is 0 Å². The summed E-state index contributed by atoms with van der Waals surface area (Å²) in [4.78, 5) is 0. The minimum Gasteiger partial charge on any atom is -0.316 e.